The van der Waals surface area contributed by atoms with Crippen molar-refractivity contribution in [3.8, 4) is 17.2 Å². The molecule has 0 saturated heterocycles. The summed E-state index contributed by atoms with van der Waals surface area (Å²) in [5.74, 6) is 1.69. The van der Waals surface area contributed by atoms with Gasteiger partial charge in [-0.2, -0.15) is 0 Å². The number of benzene rings is 2. The Kier molecular flexibility index (Phi) is 3.09. The fraction of sp³-hybridized carbons (Fsp3) is 0.143. The largest absolute Gasteiger partial charge is 0.508 e. The summed E-state index contributed by atoms with van der Waals surface area (Å²) < 4.78 is 10.5. The normalized spacial score (nSPS) is 12.5. The molecular weight excluding hydrogens is 266 g/mol. The maximum absolute atomic E-state index is 9.72. The van der Waals surface area contributed by atoms with Gasteiger partial charge in [0.25, 0.3) is 0 Å². The van der Waals surface area contributed by atoms with Gasteiger partial charge in [0.1, 0.15) is 5.75 Å². The van der Waals surface area contributed by atoms with Gasteiger partial charge in [0, 0.05) is 28.9 Å². The molecule has 0 saturated carbocycles. The minimum Gasteiger partial charge on any atom is -0.508 e. The standard InChI is InChI=1S/C14H12ClNO3/c15-10-1-3-12(17)9(5-10)7-16-11-2-4-13-14(6-11)19-8-18-13/h1-6,16-17H,7-8H2. The van der Waals surface area contributed by atoms with Gasteiger partial charge in [-0.05, 0) is 30.3 Å². The van der Waals surface area contributed by atoms with Crippen LogP contribution in [0, 0.1) is 0 Å². The molecule has 0 unspecified atom stereocenters. The highest BCUT2D eigenvalue weighted by atomic mass is 35.5. The Morgan fingerprint density at radius 2 is 1.95 bits per heavy atom. The van der Waals surface area contributed by atoms with Crippen LogP contribution in [0.4, 0.5) is 5.69 Å². The van der Waals surface area contributed by atoms with E-state index in [0.29, 0.717) is 11.6 Å². The van der Waals surface area contributed by atoms with Gasteiger partial charge in [0.05, 0.1) is 0 Å². The quantitative estimate of drug-likeness (QED) is 0.903. The van der Waals surface area contributed by atoms with E-state index in [9.17, 15) is 5.11 Å². The summed E-state index contributed by atoms with van der Waals surface area (Å²) in [6.07, 6.45) is 0. The first-order valence-corrected chi connectivity index (χ1v) is 6.21. The molecule has 0 fully saturated rings. The highest BCUT2D eigenvalue weighted by molar-refractivity contribution is 6.30. The maximum atomic E-state index is 9.72. The Morgan fingerprint density at radius 3 is 2.84 bits per heavy atom. The number of nitrogens with one attached hydrogen (secondary N) is 1. The van der Waals surface area contributed by atoms with E-state index in [0.717, 1.165) is 22.7 Å². The lowest BCUT2D eigenvalue weighted by molar-refractivity contribution is 0.174. The minimum atomic E-state index is 0.220. The molecule has 2 aromatic carbocycles. The first kappa shape index (κ1) is 12.0. The Balaban J connectivity index is 1.74. The number of aromatic hydroxyl groups is 1. The van der Waals surface area contributed by atoms with Crippen molar-refractivity contribution in [1.29, 1.82) is 0 Å². The van der Waals surface area contributed by atoms with Gasteiger partial charge in [0.2, 0.25) is 6.79 Å². The Hall–Kier alpha value is -2.07. The molecule has 1 aliphatic heterocycles. The zero-order valence-electron chi connectivity index (χ0n) is 10.0. The van der Waals surface area contributed by atoms with Crippen LogP contribution in [-0.4, -0.2) is 11.9 Å². The van der Waals surface area contributed by atoms with Crippen molar-refractivity contribution < 1.29 is 14.6 Å². The van der Waals surface area contributed by atoms with Crippen molar-refractivity contribution in [3.63, 3.8) is 0 Å². The second-order valence-corrected chi connectivity index (χ2v) is 4.63. The van der Waals surface area contributed by atoms with Crippen LogP contribution in [0.5, 0.6) is 17.2 Å². The number of fused-ring (bicyclic) bond motifs is 1. The van der Waals surface area contributed by atoms with Crippen LogP contribution >= 0.6 is 11.6 Å². The Bertz CT molecular complexity index is 616. The molecule has 0 atom stereocenters. The predicted octanol–water partition coefficient (Wildman–Crippen LogP) is 3.39. The second kappa shape index (κ2) is 4.90. The monoisotopic (exact) mass is 277 g/mol. The van der Waals surface area contributed by atoms with Crippen LogP contribution in [0.3, 0.4) is 0 Å². The molecular formula is C14H12ClNO3. The zero-order chi connectivity index (χ0) is 13.2. The van der Waals surface area contributed by atoms with Crippen molar-refractivity contribution in [1.82, 2.24) is 0 Å². The van der Waals surface area contributed by atoms with Crippen LogP contribution in [-0.2, 0) is 6.54 Å². The minimum absolute atomic E-state index is 0.220. The molecule has 0 spiro atoms. The van der Waals surface area contributed by atoms with Crippen LogP contribution < -0.4 is 14.8 Å². The van der Waals surface area contributed by atoms with Gasteiger partial charge in [-0.15, -0.1) is 0 Å². The number of ether oxygens (including phenoxy) is 2. The Labute approximate surface area is 115 Å². The van der Waals surface area contributed by atoms with Gasteiger partial charge in [-0.25, -0.2) is 0 Å². The summed E-state index contributed by atoms with van der Waals surface area (Å²) in [7, 11) is 0. The molecule has 0 aliphatic carbocycles. The first-order valence-electron chi connectivity index (χ1n) is 5.83. The number of anilines is 1. The van der Waals surface area contributed by atoms with Gasteiger partial charge in [-0.3, -0.25) is 0 Å². The van der Waals surface area contributed by atoms with Crippen molar-refractivity contribution in [2.75, 3.05) is 12.1 Å². The lowest BCUT2D eigenvalue weighted by atomic mass is 10.2. The molecule has 0 bridgehead atoms. The van der Waals surface area contributed by atoms with Crippen LogP contribution in [0.1, 0.15) is 5.56 Å². The van der Waals surface area contributed by atoms with Crippen LogP contribution in [0.25, 0.3) is 0 Å². The molecule has 1 aliphatic rings. The molecule has 0 amide bonds. The third-order valence-corrected chi connectivity index (χ3v) is 3.13. The fourth-order valence-corrected chi connectivity index (χ4v) is 2.09. The van der Waals surface area contributed by atoms with E-state index in [4.69, 9.17) is 21.1 Å². The number of phenolic OH excluding ortho intramolecular Hbond substituents is 1. The van der Waals surface area contributed by atoms with E-state index in [1.807, 2.05) is 18.2 Å². The SMILES string of the molecule is Oc1ccc(Cl)cc1CNc1ccc2c(c1)OCO2. The summed E-state index contributed by atoms with van der Waals surface area (Å²) in [5, 5.41) is 13.5. The summed E-state index contributed by atoms with van der Waals surface area (Å²) in [4.78, 5) is 0. The maximum Gasteiger partial charge on any atom is 0.231 e. The first-order chi connectivity index (χ1) is 9.22. The molecule has 0 aromatic heterocycles. The van der Waals surface area contributed by atoms with Gasteiger partial charge in [0.15, 0.2) is 11.5 Å². The van der Waals surface area contributed by atoms with E-state index in [2.05, 4.69) is 5.32 Å². The van der Waals surface area contributed by atoms with E-state index < -0.39 is 0 Å². The summed E-state index contributed by atoms with van der Waals surface area (Å²) >= 11 is 5.90. The fourth-order valence-electron chi connectivity index (χ4n) is 1.90. The molecule has 5 heteroatoms. The van der Waals surface area contributed by atoms with E-state index in [-0.39, 0.29) is 12.5 Å². The highest BCUT2D eigenvalue weighted by Crippen LogP contribution is 2.34. The number of hydrogen-bond donors (Lipinski definition) is 2. The summed E-state index contributed by atoms with van der Waals surface area (Å²) in [6, 6.07) is 10.6. The van der Waals surface area contributed by atoms with Gasteiger partial charge < -0.3 is 19.9 Å². The third-order valence-electron chi connectivity index (χ3n) is 2.90. The zero-order valence-corrected chi connectivity index (χ0v) is 10.8. The lowest BCUT2D eigenvalue weighted by Gasteiger charge is -2.09. The van der Waals surface area contributed by atoms with Gasteiger partial charge in [-0.1, -0.05) is 11.6 Å². The van der Waals surface area contributed by atoms with Crippen molar-refractivity contribution >= 4 is 17.3 Å². The second-order valence-electron chi connectivity index (χ2n) is 4.19. The highest BCUT2D eigenvalue weighted by Gasteiger charge is 2.13. The number of rotatable bonds is 3. The van der Waals surface area contributed by atoms with E-state index in [1.165, 1.54) is 0 Å². The summed E-state index contributed by atoms with van der Waals surface area (Å²) in [6.45, 7) is 0.736. The van der Waals surface area contributed by atoms with Gasteiger partial charge >= 0.3 is 0 Å². The molecule has 0 radical (unpaired) electrons. The average molecular weight is 278 g/mol. The molecule has 98 valence electrons. The number of phenols is 1. The third kappa shape index (κ3) is 2.53. The summed E-state index contributed by atoms with van der Waals surface area (Å²) in [5.41, 5.74) is 1.63. The van der Waals surface area contributed by atoms with E-state index >= 15 is 0 Å². The Morgan fingerprint density at radius 1 is 1.11 bits per heavy atom. The molecule has 19 heavy (non-hydrogen) atoms. The van der Waals surface area contributed by atoms with Crippen LogP contribution in [0.15, 0.2) is 36.4 Å². The van der Waals surface area contributed by atoms with Crippen LogP contribution in [0.2, 0.25) is 5.02 Å². The smallest absolute Gasteiger partial charge is 0.231 e. The van der Waals surface area contributed by atoms with Crippen molar-refractivity contribution in [3.05, 3.63) is 47.0 Å². The topological polar surface area (TPSA) is 50.7 Å². The van der Waals surface area contributed by atoms with Crippen molar-refractivity contribution in [2.45, 2.75) is 6.54 Å². The molecule has 2 aromatic rings. The van der Waals surface area contributed by atoms with Crippen molar-refractivity contribution in [2.24, 2.45) is 0 Å². The molecule has 4 nitrogen and oxygen atoms in total. The molecule has 2 N–H and O–H groups in total. The molecule has 1 heterocycles. The predicted molar refractivity (Wildman–Crippen MR) is 73.0 cm³/mol. The van der Waals surface area contributed by atoms with E-state index in [1.54, 1.807) is 18.2 Å². The lowest BCUT2D eigenvalue weighted by Crippen LogP contribution is -1.99. The number of hydrogen-bond acceptors (Lipinski definition) is 4. The molecule has 3 rings (SSSR count). The number of halogens is 1. The average Bonchev–Trinajstić information content (AvgIpc) is 2.87.